The van der Waals surface area contributed by atoms with Crippen molar-refractivity contribution >= 4 is 22.7 Å². The van der Waals surface area contributed by atoms with Gasteiger partial charge < -0.3 is 10.6 Å². The molecule has 1 heterocycles. The summed E-state index contributed by atoms with van der Waals surface area (Å²) < 4.78 is 0. The molecule has 1 aromatic heterocycles. The van der Waals surface area contributed by atoms with Crippen molar-refractivity contribution < 1.29 is 0 Å². The van der Waals surface area contributed by atoms with Gasteiger partial charge in [-0.25, -0.2) is 4.98 Å². The van der Waals surface area contributed by atoms with Crippen LogP contribution in [0.4, 0.5) is 11.8 Å². The van der Waals surface area contributed by atoms with E-state index < -0.39 is 0 Å². The molecule has 2 aromatic rings. The number of benzene rings is 1. The number of fused-ring (bicyclic) bond motifs is 1. The highest BCUT2D eigenvalue weighted by Crippen LogP contribution is 2.22. The third kappa shape index (κ3) is 2.73. The molecule has 19 heavy (non-hydrogen) atoms. The fraction of sp³-hybridized carbons (Fsp3) is 0.200. The fourth-order valence-electron chi connectivity index (χ4n) is 1.94. The molecule has 0 fully saturated rings. The minimum Gasteiger partial charge on any atom is -0.383 e. The average Bonchev–Trinajstić information content (AvgIpc) is 2.39. The molecule has 0 aliphatic carbocycles. The minimum absolute atomic E-state index is 0.502. The first kappa shape index (κ1) is 13.1. The Labute approximate surface area is 113 Å². The lowest BCUT2D eigenvalue weighted by Gasteiger charge is -2.19. The highest BCUT2D eigenvalue weighted by Gasteiger charge is 2.10. The Balaban J connectivity index is 2.52. The summed E-state index contributed by atoms with van der Waals surface area (Å²) in [7, 11) is 0. The van der Waals surface area contributed by atoms with Gasteiger partial charge in [-0.1, -0.05) is 23.8 Å². The van der Waals surface area contributed by atoms with Crippen LogP contribution in [-0.2, 0) is 0 Å². The van der Waals surface area contributed by atoms with Crippen LogP contribution in [0.15, 0.2) is 43.5 Å². The number of hydrogen-bond acceptors (Lipinski definition) is 4. The molecule has 0 spiro atoms. The maximum atomic E-state index is 6.03. The number of nitrogens with zero attached hydrogens (tertiary/aromatic N) is 3. The Bertz CT molecular complexity index is 609. The predicted molar refractivity (Wildman–Crippen MR) is 81.3 cm³/mol. The number of hydrogen-bond donors (Lipinski definition) is 1. The van der Waals surface area contributed by atoms with Crippen LogP contribution in [0.1, 0.15) is 5.56 Å². The van der Waals surface area contributed by atoms with Crippen LogP contribution < -0.4 is 10.6 Å². The maximum absolute atomic E-state index is 6.03. The van der Waals surface area contributed by atoms with Crippen molar-refractivity contribution in [3.05, 3.63) is 49.1 Å². The lowest BCUT2D eigenvalue weighted by molar-refractivity contribution is 0.899. The largest absolute Gasteiger partial charge is 0.383 e. The fourth-order valence-corrected chi connectivity index (χ4v) is 1.94. The van der Waals surface area contributed by atoms with Gasteiger partial charge in [-0.15, -0.1) is 13.2 Å². The first-order valence-corrected chi connectivity index (χ1v) is 6.16. The summed E-state index contributed by atoms with van der Waals surface area (Å²) in [6.07, 6.45) is 3.62. The van der Waals surface area contributed by atoms with E-state index in [1.807, 2.05) is 42.2 Å². The van der Waals surface area contributed by atoms with Crippen LogP contribution >= 0.6 is 0 Å². The van der Waals surface area contributed by atoms with E-state index in [9.17, 15) is 0 Å². The van der Waals surface area contributed by atoms with Crippen molar-refractivity contribution in [3.8, 4) is 0 Å². The number of nitrogen functional groups attached to an aromatic ring is 1. The monoisotopic (exact) mass is 254 g/mol. The molecule has 0 saturated carbocycles. The van der Waals surface area contributed by atoms with Gasteiger partial charge in [-0.3, -0.25) is 0 Å². The topological polar surface area (TPSA) is 55.0 Å². The van der Waals surface area contributed by atoms with Crippen molar-refractivity contribution in [1.82, 2.24) is 9.97 Å². The molecule has 0 amide bonds. The molecule has 0 atom stereocenters. The molecule has 0 aliphatic rings. The smallest absolute Gasteiger partial charge is 0.228 e. The van der Waals surface area contributed by atoms with Crippen molar-refractivity contribution in [2.45, 2.75) is 6.92 Å². The number of nitrogens with two attached hydrogens (primary N) is 1. The quantitative estimate of drug-likeness (QED) is 0.833. The third-order valence-corrected chi connectivity index (χ3v) is 2.85. The van der Waals surface area contributed by atoms with Gasteiger partial charge in [0.2, 0.25) is 5.95 Å². The molecule has 98 valence electrons. The second-order valence-electron chi connectivity index (χ2n) is 4.41. The number of aromatic nitrogens is 2. The molecule has 0 aliphatic heterocycles. The molecule has 2 rings (SSSR count). The van der Waals surface area contributed by atoms with Gasteiger partial charge in [0, 0.05) is 18.5 Å². The van der Waals surface area contributed by atoms with Crippen LogP contribution in [0.2, 0.25) is 0 Å². The Kier molecular flexibility index (Phi) is 3.80. The predicted octanol–water partition coefficient (Wildman–Crippen LogP) is 2.70. The molecule has 0 radical (unpaired) electrons. The maximum Gasteiger partial charge on any atom is 0.228 e. The van der Waals surface area contributed by atoms with Gasteiger partial charge in [0.1, 0.15) is 5.82 Å². The molecule has 2 N–H and O–H groups in total. The van der Waals surface area contributed by atoms with Gasteiger partial charge in [0.25, 0.3) is 0 Å². The molecule has 0 saturated heterocycles. The highest BCUT2D eigenvalue weighted by atomic mass is 15.3. The van der Waals surface area contributed by atoms with E-state index in [-0.39, 0.29) is 0 Å². The van der Waals surface area contributed by atoms with E-state index in [4.69, 9.17) is 5.73 Å². The van der Waals surface area contributed by atoms with Crippen molar-refractivity contribution in [2.24, 2.45) is 0 Å². The zero-order valence-electron chi connectivity index (χ0n) is 11.1. The minimum atomic E-state index is 0.502. The first-order valence-electron chi connectivity index (χ1n) is 6.16. The Morgan fingerprint density at radius 3 is 2.53 bits per heavy atom. The molecule has 0 unspecified atom stereocenters. The average molecular weight is 254 g/mol. The van der Waals surface area contributed by atoms with Gasteiger partial charge in [-0.2, -0.15) is 4.98 Å². The summed E-state index contributed by atoms with van der Waals surface area (Å²) in [4.78, 5) is 10.9. The summed E-state index contributed by atoms with van der Waals surface area (Å²) in [5.41, 5.74) is 8.02. The molecule has 1 aromatic carbocycles. The van der Waals surface area contributed by atoms with E-state index in [1.165, 1.54) is 0 Å². The van der Waals surface area contributed by atoms with Gasteiger partial charge in [0.15, 0.2) is 0 Å². The lowest BCUT2D eigenvalue weighted by atomic mass is 10.1. The Morgan fingerprint density at radius 2 is 1.89 bits per heavy atom. The Hall–Kier alpha value is -2.36. The molecular weight excluding hydrogens is 236 g/mol. The summed E-state index contributed by atoms with van der Waals surface area (Å²) in [5.74, 6) is 1.11. The van der Waals surface area contributed by atoms with Crippen LogP contribution in [0.25, 0.3) is 10.9 Å². The van der Waals surface area contributed by atoms with E-state index in [1.54, 1.807) is 0 Å². The van der Waals surface area contributed by atoms with Crippen molar-refractivity contribution in [3.63, 3.8) is 0 Å². The van der Waals surface area contributed by atoms with Crippen molar-refractivity contribution in [2.75, 3.05) is 23.7 Å². The molecular formula is C15H18N4. The summed E-state index contributed by atoms with van der Waals surface area (Å²) >= 11 is 0. The van der Waals surface area contributed by atoms with Crippen LogP contribution in [0.5, 0.6) is 0 Å². The lowest BCUT2D eigenvalue weighted by Crippen LogP contribution is -2.25. The standard InChI is InChI=1S/C15H18N4/c1-4-8-19(9-5-2)15-17-13-7-6-11(3)10-12(13)14(16)18-15/h4-7,10H,1-2,8-9H2,3H3,(H2,16,17,18). The highest BCUT2D eigenvalue weighted by molar-refractivity contribution is 5.89. The van der Waals surface area contributed by atoms with Gasteiger partial charge in [0.05, 0.1) is 5.52 Å². The van der Waals surface area contributed by atoms with Crippen LogP contribution in [0, 0.1) is 6.92 Å². The third-order valence-electron chi connectivity index (χ3n) is 2.85. The summed E-state index contributed by atoms with van der Waals surface area (Å²) in [5, 5.41) is 0.890. The second kappa shape index (κ2) is 5.52. The molecule has 4 heteroatoms. The van der Waals surface area contributed by atoms with Crippen LogP contribution in [0.3, 0.4) is 0 Å². The number of anilines is 2. The number of rotatable bonds is 5. The normalized spacial score (nSPS) is 10.4. The van der Waals surface area contributed by atoms with Gasteiger partial charge >= 0.3 is 0 Å². The van der Waals surface area contributed by atoms with E-state index in [0.717, 1.165) is 16.5 Å². The summed E-state index contributed by atoms with van der Waals surface area (Å²) in [6, 6.07) is 5.98. The van der Waals surface area contributed by atoms with Crippen molar-refractivity contribution in [1.29, 1.82) is 0 Å². The second-order valence-corrected chi connectivity index (χ2v) is 4.41. The van der Waals surface area contributed by atoms with Gasteiger partial charge in [-0.05, 0) is 19.1 Å². The first-order chi connectivity index (χ1) is 9.15. The SMILES string of the molecule is C=CCN(CC=C)c1nc(N)c2cc(C)ccc2n1. The number of aryl methyl sites for hydroxylation is 1. The van der Waals surface area contributed by atoms with Crippen LogP contribution in [-0.4, -0.2) is 23.1 Å². The molecule has 0 bridgehead atoms. The molecule has 4 nitrogen and oxygen atoms in total. The zero-order valence-corrected chi connectivity index (χ0v) is 11.1. The van der Waals surface area contributed by atoms with E-state index >= 15 is 0 Å². The zero-order chi connectivity index (χ0) is 13.8. The van der Waals surface area contributed by atoms with E-state index in [2.05, 4.69) is 23.1 Å². The summed E-state index contributed by atoms with van der Waals surface area (Å²) in [6.45, 7) is 10.8. The van der Waals surface area contributed by atoms with E-state index in [0.29, 0.717) is 24.9 Å². The Morgan fingerprint density at radius 1 is 1.21 bits per heavy atom.